The van der Waals surface area contributed by atoms with Gasteiger partial charge in [-0.05, 0) is 12.8 Å². The van der Waals surface area contributed by atoms with E-state index in [0.29, 0.717) is 26.1 Å². The Balaban J connectivity index is 3.55. The first-order chi connectivity index (χ1) is 7.28. The molecule has 0 amide bonds. The van der Waals surface area contributed by atoms with Crippen LogP contribution in [-0.2, 0) is 4.74 Å². The van der Waals surface area contributed by atoms with E-state index in [1.54, 1.807) is 0 Å². The second kappa shape index (κ2) is 10.3. The van der Waals surface area contributed by atoms with Gasteiger partial charge in [0.1, 0.15) is 0 Å². The van der Waals surface area contributed by atoms with Crippen LogP contribution in [0.5, 0.6) is 0 Å². The summed E-state index contributed by atoms with van der Waals surface area (Å²) in [7, 11) is 0. The molecule has 0 spiro atoms. The topological polar surface area (TPSA) is 90.2 Å². The first kappa shape index (κ1) is 14.8. The Morgan fingerprint density at radius 1 is 0.733 bits per heavy atom. The number of ether oxygens (including phenoxy) is 1. The lowest BCUT2D eigenvalue weighted by Gasteiger charge is -2.16. The van der Waals surface area contributed by atoms with Crippen molar-refractivity contribution in [3.8, 4) is 0 Å². The van der Waals surface area contributed by atoms with Crippen molar-refractivity contribution in [3.63, 3.8) is 0 Å². The summed E-state index contributed by atoms with van der Waals surface area (Å²) in [6.45, 7) is 0.802. The molecule has 0 heterocycles. The van der Waals surface area contributed by atoms with Gasteiger partial charge in [-0.2, -0.15) is 0 Å². The van der Waals surface area contributed by atoms with Crippen LogP contribution in [0, 0.1) is 11.8 Å². The maximum Gasteiger partial charge on any atom is 0.0517 e. The molecule has 0 aliphatic rings. The largest absolute Gasteiger partial charge is 0.396 e. The molecule has 15 heavy (non-hydrogen) atoms. The Kier molecular flexibility index (Phi) is 10.2. The van der Waals surface area contributed by atoms with Crippen molar-refractivity contribution in [2.24, 2.45) is 11.8 Å². The molecule has 0 aliphatic carbocycles. The van der Waals surface area contributed by atoms with Gasteiger partial charge in [-0.15, -0.1) is 0 Å². The van der Waals surface area contributed by atoms with Crippen LogP contribution in [0.4, 0.5) is 0 Å². The van der Waals surface area contributed by atoms with E-state index in [4.69, 9.17) is 25.2 Å². The molecule has 0 saturated heterocycles. The van der Waals surface area contributed by atoms with Gasteiger partial charge in [0.15, 0.2) is 0 Å². The Morgan fingerprint density at radius 2 is 1.13 bits per heavy atom. The highest BCUT2D eigenvalue weighted by molar-refractivity contribution is 4.58. The molecule has 4 N–H and O–H groups in total. The fourth-order valence-electron chi connectivity index (χ4n) is 1.22. The van der Waals surface area contributed by atoms with E-state index >= 15 is 0 Å². The highest BCUT2D eigenvalue weighted by Gasteiger charge is 2.10. The minimum atomic E-state index is -0.0523. The lowest BCUT2D eigenvalue weighted by Crippen LogP contribution is -2.21. The van der Waals surface area contributed by atoms with E-state index in [1.165, 1.54) is 0 Å². The van der Waals surface area contributed by atoms with Gasteiger partial charge >= 0.3 is 0 Å². The fourth-order valence-corrected chi connectivity index (χ4v) is 1.22. The maximum absolute atomic E-state index is 8.90. The van der Waals surface area contributed by atoms with Gasteiger partial charge in [-0.1, -0.05) is 0 Å². The number of hydrogen-bond acceptors (Lipinski definition) is 5. The summed E-state index contributed by atoms with van der Waals surface area (Å²) in [5, 5.41) is 35.1. The molecule has 0 aromatic heterocycles. The second-order valence-electron chi connectivity index (χ2n) is 3.66. The Hall–Kier alpha value is -0.200. The van der Waals surface area contributed by atoms with Gasteiger partial charge in [0.25, 0.3) is 0 Å². The molecule has 0 rings (SSSR count). The molecule has 2 unspecified atom stereocenters. The third-order valence-electron chi connectivity index (χ3n) is 2.30. The van der Waals surface area contributed by atoms with Crippen molar-refractivity contribution in [2.45, 2.75) is 12.8 Å². The van der Waals surface area contributed by atoms with Crippen molar-refractivity contribution in [1.29, 1.82) is 0 Å². The molecule has 0 aromatic rings. The predicted molar refractivity (Wildman–Crippen MR) is 55.4 cm³/mol. The number of rotatable bonds is 10. The van der Waals surface area contributed by atoms with E-state index < -0.39 is 0 Å². The molecule has 0 fully saturated rings. The van der Waals surface area contributed by atoms with Crippen LogP contribution >= 0.6 is 0 Å². The Morgan fingerprint density at radius 3 is 1.40 bits per heavy atom. The average Bonchev–Trinajstić information content (AvgIpc) is 2.26. The molecule has 92 valence electrons. The summed E-state index contributed by atoms with van der Waals surface area (Å²) in [5.41, 5.74) is 0. The molecule has 5 heteroatoms. The van der Waals surface area contributed by atoms with Crippen molar-refractivity contribution >= 4 is 0 Å². The number of hydrogen-bond donors (Lipinski definition) is 4. The maximum atomic E-state index is 8.90. The summed E-state index contributed by atoms with van der Waals surface area (Å²) >= 11 is 0. The smallest absolute Gasteiger partial charge is 0.0517 e. The highest BCUT2D eigenvalue weighted by atomic mass is 16.5. The van der Waals surface area contributed by atoms with Crippen molar-refractivity contribution in [1.82, 2.24) is 0 Å². The van der Waals surface area contributed by atoms with Gasteiger partial charge in [0.05, 0.1) is 13.2 Å². The monoisotopic (exact) mass is 222 g/mol. The van der Waals surface area contributed by atoms with Crippen LogP contribution in [0.3, 0.4) is 0 Å². The van der Waals surface area contributed by atoms with Gasteiger partial charge < -0.3 is 25.2 Å². The minimum Gasteiger partial charge on any atom is -0.396 e. The molecule has 0 bridgehead atoms. The zero-order valence-electron chi connectivity index (χ0n) is 9.01. The molecule has 0 aromatic carbocycles. The highest BCUT2D eigenvalue weighted by Crippen LogP contribution is 2.06. The quantitative estimate of drug-likeness (QED) is 0.380. The molecule has 0 radical (unpaired) electrons. The summed E-state index contributed by atoms with van der Waals surface area (Å²) < 4.78 is 5.30. The number of aliphatic hydroxyl groups is 4. The van der Waals surface area contributed by atoms with E-state index in [-0.39, 0.29) is 38.3 Å². The predicted octanol–water partition coefficient (Wildman–Crippen LogP) is -1.02. The van der Waals surface area contributed by atoms with Gasteiger partial charge in [0.2, 0.25) is 0 Å². The normalized spacial score (nSPS) is 15.2. The standard InChI is InChI=1S/C10H22O5/c11-3-1-9(5-13)7-15-8-10(6-14)2-4-12/h9-14H,1-8H2. The molecule has 0 aliphatic heterocycles. The molecular formula is C10H22O5. The third-order valence-corrected chi connectivity index (χ3v) is 2.30. The lowest BCUT2D eigenvalue weighted by atomic mass is 10.1. The molecule has 2 atom stereocenters. The first-order valence-electron chi connectivity index (χ1n) is 5.29. The zero-order valence-corrected chi connectivity index (χ0v) is 9.01. The van der Waals surface area contributed by atoms with E-state index in [0.717, 1.165) is 0 Å². The summed E-state index contributed by atoms with van der Waals surface area (Å²) in [6, 6.07) is 0. The Labute approximate surface area is 90.3 Å². The average molecular weight is 222 g/mol. The van der Waals surface area contributed by atoms with Crippen molar-refractivity contribution in [3.05, 3.63) is 0 Å². The second-order valence-corrected chi connectivity index (χ2v) is 3.66. The van der Waals surface area contributed by atoms with Crippen LogP contribution in [0.1, 0.15) is 12.8 Å². The van der Waals surface area contributed by atoms with Crippen LogP contribution in [0.2, 0.25) is 0 Å². The summed E-state index contributed by atoms with van der Waals surface area (Å²) in [6.07, 6.45) is 1.03. The lowest BCUT2D eigenvalue weighted by molar-refractivity contribution is 0.0238. The van der Waals surface area contributed by atoms with Gasteiger partial charge in [-0.25, -0.2) is 0 Å². The number of aliphatic hydroxyl groups excluding tert-OH is 4. The minimum absolute atomic E-state index is 0.00957. The van der Waals surface area contributed by atoms with Crippen molar-refractivity contribution in [2.75, 3.05) is 39.6 Å². The van der Waals surface area contributed by atoms with Crippen LogP contribution in [0.15, 0.2) is 0 Å². The summed E-state index contributed by atoms with van der Waals surface area (Å²) in [4.78, 5) is 0. The van der Waals surface area contributed by atoms with Crippen molar-refractivity contribution < 1.29 is 25.2 Å². The van der Waals surface area contributed by atoms with Gasteiger partial charge in [0, 0.05) is 38.3 Å². The first-order valence-corrected chi connectivity index (χ1v) is 5.29. The fraction of sp³-hybridized carbons (Fsp3) is 1.00. The molecular weight excluding hydrogens is 200 g/mol. The Bertz CT molecular complexity index is 117. The van der Waals surface area contributed by atoms with Crippen LogP contribution < -0.4 is 0 Å². The molecule has 5 nitrogen and oxygen atoms in total. The van der Waals surface area contributed by atoms with Crippen LogP contribution in [-0.4, -0.2) is 60.1 Å². The van der Waals surface area contributed by atoms with Crippen LogP contribution in [0.25, 0.3) is 0 Å². The van der Waals surface area contributed by atoms with E-state index in [1.807, 2.05) is 0 Å². The summed E-state index contributed by atoms with van der Waals surface area (Å²) in [5.74, 6) is -0.105. The third kappa shape index (κ3) is 7.70. The van der Waals surface area contributed by atoms with E-state index in [9.17, 15) is 0 Å². The molecule has 0 saturated carbocycles. The van der Waals surface area contributed by atoms with Gasteiger partial charge in [-0.3, -0.25) is 0 Å². The zero-order chi connectivity index (χ0) is 11.5. The van der Waals surface area contributed by atoms with E-state index in [2.05, 4.69) is 0 Å². The SMILES string of the molecule is OCCC(CO)COCC(CO)CCO.